The van der Waals surface area contributed by atoms with Gasteiger partial charge >= 0.3 is 0 Å². The van der Waals surface area contributed by atoms with Crippen LogP contribution in [0.4, 0.5) is 4.39 Å². The third-order valence-electron chi connectivity index (χ3n) is 3.83. The number of carbonyl (C=O) groups is 2. The van der Waals surface area contributed by atoms with Crippen LogP contribution >= 0.6 is 11.8 Å². The summed E-state index contributed by atoms with van der Waals surface area (Å²) in [6.07, 6.45) is 4.72. The number of nitrogens with one attached hydrogen (secondary N) is 1. The van der Waals surface area contributed by atoms with E-state index < -0.39 is 11.7 Å². The highest BCUT2D eigenvalue weighted by atomic mass is 32.2. The second-order valence-electron chi connectivity index (χ2n) is 5.25. The molecule has 1 aromatic carbocycles. The first kappa shape index (κ1) is 15.8. The summed E-state index contributed by atoms with van der Waals surface area (Å²) in [5.74, 6) is -1.48. The minimum absolute atomic E-state index is 0.0752. The maximum absolute atomic E-state index is 13.9. The predicted molar refractivity (Wildman–Crippen MR) is 80.6 cm³/mol. The van der Waals surface area contributed by atoms with Crippen molar-refractivity contribution in [3.63, 3.8) is 0 Å². The SMILES string of the molecule is CSc1cccc(F)c1C(=O)N[C@@H]1CCC[C@H](C(N)=O)C1. The molecule has 0 heterocycles. The van der Waals surface area contributed by atoms with Gasteiger partial charge in [0.25, 0.3) is 5.91 Å². The van der Waals surface area contributed by atoms with Crippen LogP contribution in [0.15, 0.2) is 23.1 Å². The van der Waals surface area contributed by atoms with Gasteiger partial charge < -0.3 is 11.1 Å². The molecule has 2 amide bonds. The van der Waals surface area contributed by atoms with Crippen molar-refractivity contribution in [2.45, 2.75) is 36.6 Å². The highest BCUT2D eigenvalue weighted by molar-refractivity contribution is 7.98. The van der Waals surface area contributed by atoms with Gasteiger partial charge in [0.1, 0.15) is 5.82 Å². The summed E-state index contributed by atoms with van der Waals surface area (Å²) in [5.41, 5.74) is 5.40. The second-order valence-corrected chi connectivity index (χ2v) is 6.10. The first-order valence-electron chi connectivity index (χ1n) is 6.95. The van der Waals surface area contributed by atoms with E-state index in [1.54, 1.807) is 18.4 Å². The van der Waals surface area contributed by atoms with Crippen molar-refractivity contribution in [3.8, 4) is 0 Å². The Morgan fingerprint density at radius 1 is 1.38 bits per heavy atom. The molecule has 0 spiro atoms. The van der Waals surface area contributed by atoms with E-state index in [2.05, 4.69) is 5.32 Å². The molecule has 114 valence electrons. The summed E-state index contributed by atoms with van der Waals surface area (Å²) in [4.78, 5) is 24.2. The van der Waals surface area contributed by atoms with Crippen molar-refractivity contribution in [2.24, 2.45) is 11.7 Å². The molecule has 2 atom stereocenters. The molecule has 1 aliphatic carbocycles. The number of thioether (sulfide) groups is 1. The standard InChI is InChI=1S/C15H19FN2O2S/c1-21-12-7-3-6-11(16)13(12)15(20)18-10-5-2-4-9(8-10)14(17)19/h3,6-7,9-10H,2,4-5,8H2,1H3,(H2,17,19)(H,18,20)/t9-,10+/m0/s1. The average molecular weight is 310 g/mol. The maximum atomic E-state index is 13.9. The van der Waals surface area contributed by atoms with Crippen LogP contribution in [0.25, 0.3) is 0 Å². The van der Waals surface area contributed by atoms with Crippen LogP contribution in [0.3, 0.4) is 0 Å². The molecule has 0 unspecified atom stereocenters. The molecule has 0 aromatic heterocycles. The van der Waals surface area contributed by atoms with Gasteiger partial charge in [0, 0.05) is 16.9 Å². The van der Waals surface area contributed by atoms with Gasteiger partial charge in [0.15, 0.2) is 0 Å². The molecule has 4 nitrogen and oxygen atoms in total. The number of hydrogen-bond donors (Lipinski definition) is 2. The lowest BCUT2D eigenvalue weighted by Gasteiger charge is -2.28. The third kappa shape index (κ3) is 3.75. The third-order valence-corrected chi connectivity index (χ3v) is 4.61. The normalized spacial score (nSPS) is 21.8. The molecule has 0 saturated heterocycles. The zero-order valence-corrected chi connectivity index (χ0v) is 12.7. The number of primary amides is 1. The summed E-state index contributed by atoms with van der Waals surface area (Å²) < 4.78 is 13.9. The van der Waals surface area contributed by atoms with E-state index in [1.807, 2.05) is 0 Å². The Balaban J connectivity index is 2.10. The van der Waals surface area contributed by atoms with Crippen molar-refractivity contribution in [1.82, 2.24) is 5.32 Å². The van der Waals surface area contributed by atoms with Gasteiger partial charge in [-0.25, -0.2) is 4.39 Å². The first-order chi connectivity index (χ1) is 10.0. The van der Waals surface area contributed by atoms with Crippen LogP contribution < -0.4 is 11.1 Å². The fraction of sp³-hybridized carbons (Fsp3) is 0.467. The zero-order valence-electron chi connectivity index (χ0n) is 11.9. The average Bonchev–Trinajstić information content (AvgIpc) is 2.46. The summed E-state index contributed by atoms with van der Waals surface area (Å²) in [7, 11) is 0. The van der Waals surface area contributed by atoms with Crippen LogP contribution in [0.2, 0.25) is 0 Å². The van der Waals surface area contributed by atoms with Gasteiger partial charge in [0.05, 0.1) is 5.56 Å². The van der Waals surface area contributed by atoms with Gasteiger partial charge in [-0.3, -0.25) is 9.59 Å². The van der Waals surface area contributed by atoms with Crippen molar-refractivity contribution < 1.29 is 14.0 Å². The monoisotopic (exact) mass is 310 g/mol. The Hall–Kier alpha value is -1.56. The Labute approximate surface area is 127 Å². The first-order valence-corrected chi connectivity index (χ1v) is 8.18. The zero-order chi connectivity index (χ0) is 15.4. The van der Waals surface area contributed by atoms with Crippen molar-refractivity contribution in [3.05, 3.63) is 29.6 Å². The highest BCUT2D eigenvalue weighted by Gasteiger charge is 2.28. The van der Waals surface area contributed by atoms with Gasteiger partial charge in [-0.15, -0.1) is 11.8 Å². The fourth-order valence-electron chi connectivity index (χ4n) is 2.73. The summed E-state index contributed by atoms with van der Waals surface area (Å²) in [6, 6.07) is 4.46. The molecular weight excluding hydrogens is 291 g/mol. The molecule has 1 aromatic rings. The summed E-state index contributed by atoms with van der Waals surface area (Å²) >= 11 is 1.33. The van der Waals surface area contributed by atoms with Crippen LogP contribution in [-0.4, -0.2) is 24.1 Å². The maximum Gasteiger partial charge on any atom is 0.255 e. The molecule has 2 rings (SSSR count). The van der Waals surface area contributed by atoms with E-state index >= 15 is 0 Å². The summed E-state index contributed by atoms with van der Waals surface area (Å²) in [6.45, 7) is 0. The molecule has 3 N–H and O–H groups in total. The lowest BCUT2D eigenvalue weighted by Crippen LogP contribution is -2.41. The Kier molecular flexibility index (Phi) is 5.22. The molecule has 0 radical (unpaired) electrons. The van der Waals surface area contributed by atoms with Gasteiger partial charge in [-0.05, 0) is 37.7 Å². The highest BCUT2D eigenvalue weighted by Crippen LogP contribution is 2.26. The van der Waals surface area contributed by atoms with E-state index in [9.17, 15) is 14.0 Å². The molecule has 0 bridgehead atoms. The lowest BCUT2D eigenvalue weighted by atomic mass is 9.85. The number of nitrogens with two attached hydrogens (primary N) is 1. The van der Waals surface area contributed by atoms with Gasteiger partial charge in [0.2, 0.25) is 5.91 Å². The molecule has 1 fully saturated rings. The second kappa shape index (κ2) is 6.93. The molecule has 1 aliphatic rings. The Morgan fingerprint density at radius 3 is 2.81 bits per heavy atom. The van der Waals surface area contributed by atoms with Crippen molar-refractivity contribution >= 4 is 23.6 Å². The molecular formula is C15H19FN2O2S. The van der Waals surface area contributed by atoms with Crippen LogP contribution in [-0.2, 0) is 4.79 Å². The minimum atomic E-state index is -0.526. The quantitative estimate of drug-likeness (QED) is 0.838. The lowest BCUT2D eigenvalue weighted by molar-refractivity contribution is -0.122. The van der Waals surface area contributed by atoms with Crippen LogP contribution in [0, 0.1) is 11.7 Å². The van der Waals surface area contributed by atoms with E-state index in [1.165, 1.54) is 17.8 Å². The number of halogens is 1. The number of hydrogen-bond acceptors (Lipinski definition) is 3. The van der Waals surface area contributed by atoms with Crippen molar-refractivity contribution in [1.29, 1.82) is 0 Å². The van der Waals surface area contributed by atoms with Gasteiger partial charge in [-0.1, -0.05) is 12.5 Å². The van der Waals surface area contributed by atoms with E-state index in [-0.39, 0.29) is 23.4 Å². The number of amides is 2. The van der Waals surface area contributed by atoms with E-state index in [0.717, 1.165) is 19.3 Å². The number of rotatable bonds is 4. The predicted octanol–water partition coefficient (Wildman–Crippen LogP) is 2.32. The van der Waals surface area contributed by atoms with Gasteiger partial charge in [-0.2, -0.15) is 0 Å². The van der Waals surface area contributed by atoms with Crippen LogP contribution in [0.5, 0.6) is 0 Å². The largest absolute Gasteiger partial charge is 0.369 e. The Bertz CT molecular complexity index is 550. The van der Waals surface area contributed by atoms with E-state index in [0.29, 0.717) is 11.3 Å². The molecule has 0 aliphatic heterocycles. The molecule has 21 heavy (non-hydrogen) atoms. The Morgan fingerprint density at radius 2 is 2.14 bits per heavy atom. The summed E-state index contributed by atoms with van der Waals surface area (Å²) in [5, 5.41) is 2.84. The molecule has 1 saturated carbocycles. The fourth-order valence-corrected chi connectivity index (χ4v) is 3.34. The van der Waals surface area contributed by atoms with E-state index in [4.69, 9.17) is 5.73 Å². The minimum Gasteiger partial charge on any atom is -0.369 e. The van der Waals surface area contributed by atoms with Crippen LogP contribution in [0.1, 0.15) is 36.0 Å². The smallest absolute Gasteiger partial charge is 0.255 e. The number of benzene rings is 1. The number of carbonyl (C=O) groups excluding carboxylic acids is 2. The topological polar surface area (TPSA) is 72.2 Å². The molecule has 6 heteroatoms. The van der Waals surface area contributed by atoms with Crippen molar-refractivity contribution in [2.75, 3.05) is 6.26 Å².